The fourth-order valence-electron chi connectivity index (χ4n) is 4.89. The maximum Gasteiger partial charge on any atom is 0.424 e. The monoisotopic (exact) mass is 697 g/mol. The minimum atomic E-state index is -5.35. The molecule has 1 aromatic heterocycles. The molecule has 1 aliphatic heterocycles. The van der Waals surface area contributed by atoms with Crippen molar-refractivity contribution < 1.29 is 51.0 Å². The first-order chi connectivity index (χ1) is 22.3. The largest absolute Gasteiger partial charge is 0.493 e. The number of hydrogen-bond acceptors (Lipinski definition) is 8. The van der Waals surface area contributed by atoms with Gasteiger partial charge in [0, 0.05) is 16.7 Å². The highest BCUT2D eigenvalue weighted by molar-refractivity contribution is 7.84. The number of carbonyl (C=O) groups excluding carboxylic acids is 1. The van der Waals surface area contributed by atoms with Gasteiger partial charge in [-0.25, -0.2) is 18.3 Å². The second-order valence-electron chi connectivity index (χ2n) is 12.5. The highest BCUT2D eigenvalue weighted by Crippen LogP contribution is 2.48. The molecular weight excluding hydrogens is 658 g/mol. The van der Waals surface area contributed by atoms with Gasteiger partial charge >= 0.3 is 6.18 Å². The summed E-state index contributed by atoms with van der Waals surface area (Å²) in [7, 11) is -0.381. The topological polar surface area (TPSA) is 139 Å². The van der Waals surface area contributed by atoms with Gasteiger partial charge in [-0.1, -0.05) is 6.92 Å². The number of amides is 1. The first-order valence-electron chi connectivity index (χ1n) is 15.1. The molecule has 15 heteroatoms. The predicted octanol–water partition coefficient (Wildman–Crippen LogP) is 4.89. The highest BCUT2D eigenvalue weighted by Gasteiger charge is 2.57. The SMILES string of the molecule is CC[C@]1(NS(=O)C(C)(C)C)COc2c1cc([C@@](O)(CNC(=O)c1ccc(OC[C@@H](C)O)c(OC)c1)C(F)(F)F)nc2-c1ccc(F)cc1. The van der Waals surface area contributed by atoms with Gasteiger partial charge in [-0.05, 0) is 82.6 Å². The minimum absolute atomic E-state index is 0.0692. The van der Waals surface area contributed by atoms with E-state index in [1.165, 1.54) is 44.4 Å². The zero-order valence-electron chi connectivity index (χ0n) is 27.3. The lowest BCUT2D eigenvalue weighted by Gasteiger charge is -2.33. The van der Waals surface area contributed by atoms with Crippen LogP contribution in [0, 0.1) is 5.82 Å². The van der Waals surface area contributed by atoms with E-state index < -0.39 is 63.1 Å². The van der Waals surface area contributed by atoms with Crippen molar-refractivity contribution in [2.24, 2.45) is 0 Å². The van der Waals surface area contributed by atoms with Gasteiger partial charge in [0.15, 0.2) is 17.2 Å². The fraction of sp³-hybridized carbons (Fsp3) is 0.455. The molecule has 0 radical (unpaired) electrons. The molecule has 3 aromatic rings. The van der Waals surface area contributed by atoms with E-state index in [0.717, 1.165) is 18.2 Å². The molecule has 2 aromatic carbocycles. The van der Waals surface area contributed by atoms with E-state index in [1.54, 1.807) is 27.7 Å². The van der Waals surface area contributed by atoms with Gasteiger partial charge < -0.3 is 29.7 Å². The van der Waals surface area contributed by atoms with Crippen LogP contribution in [0.2, 0.25) is 0 Å². The molecule has 4 rings (SSSR count). The Morgan fingerprint density at radius 3 is 2.35 bits per heavy atom. The molecule has 0 saturated heterocycles. The maximum absolute atomic E-state index is 14.9. The number of methoxy groups -OCH3 is 1. The summed E-state index contributed by atoms with van der Waals surface area (Å²) in [4.78, 5) is 17.3. The molecule has 48 heavy (non-hydrogen) atoms. The van der Waals surface area contributed by atoms with Gasteiger partial charge in [-0.2, -0.15) is 13.2 Å². The summed E-state index contributed by atoms with van der Waals surface area (Å²) in [6.45, 7) is 6.92. The first kappa shape index (κ1) is 37.0. The number of ether oxygens (including phenoxy) is 3. The summed E-state index contributed by atoms with van der Waals surface area (Å²) >= 11 is 0. The smallest absolute Gasteiger partial charge is 0.424 e. The number of aliphatic hydroxyl groups excluding tert-OH is 1. The Kier molecular flexibility index (Phi) is 10.8. The van der Waals surface area contributed by atoms with Crippen molar-refractivity contribution in [3.05, 3.63) is 71.2 Å². The van der Waals surface area contributed by atoms with E-state index in [1.807, 2.05) is 0 Å². The Balaban J connectivity index is 1.79. The summed E-state index contributed by atoms with van der Waals surface area (Å²) in [6, 6.07) is 9.78. The Bertz CT molecular complexity index is 1660. The minimum Gasteiger partial charge on any atom is -0.493 e. The van der Waals surface area contributed by atoms with Crippen molar-refractivity contribution in [2.75, 3.05) is 26.9 Å². The van der Waals surface area contributed by atoms with E-state index >= 15 is 0 Å². The van der Waals surface area contributed by atoms with Crippen molar-refractivity contribution in [3.8, 4) is 28.5 Å². The zero-order valence-corrected chi connectivity index (χ0v) is 28.1. The van der Waals surface area contributed by atoms with Crippen LogP contribution >= 0.6 is 0 Å². The Morgan fingerprint density at radius 1 is 1.12 bits per heavy atom. The highest BCUT2D eigenvalue weighted by atomic mass is 32.2. The van der Waals surface area contributed by atoms with Gasteiger partial charge in [0.1, 0.15) is 24.7 Å². The number of hydrogen-bond donors (Lipinski definition) is 4. The van der Waals surface area contributed by atoms with E-state index in [-0.39, 0.29) is 59.3 Å². The molecule has 1 aliphatic rings. The fourth-order valence-corrected chi connectivity index (χ4v) is 5.86. The molecule has 1 amide bonds. The van der Waals surface area contributed by atoms with Crippen LogP contribution in [0.1, 0.15) is 62.7 Å². The molecule has 0 bridgehead atoms. The second kappa shape index (κ2) is 14.0. The number of alkyl halides is 3. The molecule has 2 heterocycles. The van der Waals surface area contributed by atoms with E-state index in [0.29, 0.717) is 0 Å². The molecule has 0 fully saturated rings. The zero-order chi connectivity index (χ0) is 35.7. The van der Waals surface area contributed by atoms with Crippen molar-refractivity contribution in [1.29, 1.82) is 0 Å². The quantitative estimate of drug-likeness (QED) is 0.197. The number of fused-ring (bicyclic) bond motifs is 1. The third-order valence-electron chi connectivity index (χ3n) is 7.82. The van der Waals surface area contributed by atoms with Crippen LogP contribution < -0.4 is 24.2 Å². The maximum atomic E-state index is 14.9. The van der Waals surface area contributed by atoms with E-state index in [9.17, 15) is 36.8 Å². The standard InChI is InChI=1S/C33H39F4N3O7S/c1-7-31(40-48(44)30(3,4)5)18-47-28-23(31)15-26(39-27(28)20-8-11-22(34)12-9-20)32(43,33(35,36)37)17-38-29(42)21-10-13-24(25(14-21)45-6)46-16-19(2)41/h8-15,19,40-41,43H,7,16-18H2,1-6H3,(H,38,42)/t19-,31+,32+,48?/m1/s1. The van der Waals surface area contributed by atoms with Crippen LogP contribution in [-0.2, 0) is 22.1 Å². The molecule has 0 spiro atoms. The first-order valence-corrected chi connectivity index (χ1v) is 16.2. The van der Waals surface area contributed by atoms with Gasteiger partial charge in [-0.3, -0.25) is 4.79 Å². The number of halogens is 4. The van der Waals surface area contributed by atoms with Crippen molar-refractivity contribution in [1.82, 2.24) is 15.0 Å². The number of benzene rings is 2. The third kappa shape index (κ3) is 7.59. The summed E-state index contributed by atoms with van der Waals surface area (Å²) < 4.78 is 90.7. The number of aromatic nitrogens is 1. The number of pyridine rings is 1. The van der Waals surface area contributed by atoms with Crippen molar-refractivity contribution >= 4 is 16.9 Å². The second-order valence-corrected chi connectivity index (χ2v) is 14.5. The van der Waals surface area contributed by atoms with Gasteiger partial charge in [0.25, 0.3) is 5.91 Å². The lowest BCUT2D eigenvalue weighted by molar-refractivity contribution is -0.265. The van der Waals surface area contributed by atoms with Gasteiger partial charge in [-0.15, -0.1) is 0 Å². The molecule has 0 saturated carbocycles. The van der Waals surface area contributed by atoms with Crippen LogP contribution in [0.4, 0.5) is 17.6 Å². The summed E-state index contributed by atoms with van der Waals surface area (Å²) in [5.74, 6) is -1.18. The van der Waals surface area contributed by atoms with Crippen LogP contribution in [0.15, 0.2) is 48.5 Å². The molecule has 1 unspecified atom stereocenters. The third-order valence-corrected chi connectivity index (χ3v) is 9.51. The predicted molar refractivity (Wildman–Crippen MR) is 171 cm³/mol. The molecule has 262 valence electrons. The van der Waals surface area contributed by atoms with Crippen LogP contribution in [-0.4, -0.2) is 69.2 Å². The number of rotatable bonds is 12. The molecule has 4 atom stereocenters. The molecule has 4 N–H and O–H groups in total. The van der Waals surface area contributed by atoms with Crippen molar-refractivity contribution in [3.63, 3.8) is 0 Å². The van der Waals surface area contributed by atoms with Crippen LogP contribution in [0.3, 0.4) is 0 Å². The Hall–Kier alpha value is -3.79. The van der Waals surface area contributed by atoms with E-state index in [4.69, 9.17) is 14.2 Å². The molecule has 10 nitrogen and oxygen atoms in total. The lowest BCUT2D eigenvalue weighted by Crippen LogP contribution is -2.52. The number of nitrogens with zero attached hydrogens (tertiary/aromatic N) is 1. The summed E-state index contributed by atoms with van der Waals surface area (Å²) in [6.07, 6.45) is -5.92. The Labute approximate surface area is 278 Å². The van der Waals surface area contributed by atoms with E-state index in [2.05, 4.69) is 15.0 Å². The number of aliphatic hydroxyl groups is 2. The number of carbonyl (C=O) groups is 1. The molecular formula is C33H39F4N3O7S. The average Bonchev–Trinajstić information content (AvgIpc) is 3.39. The van der Waals surface area contributed by atoms with Crippen molar-refractivity contribution in [2.45, 2.75) is 69.2 Å². The Morgan fingerprint density at radius 2 is 1.79 bits per heavy atom. The number of nitrogens with one attached hydrogen (secondary N) is 2. The normalized spacial score (nSPS) is 18.7. The molecule has 0 aliphatic carbocycles. The van der Waals surface area contributed by atoms with Crippen LogP contribution in [0.25, 0.3) is 11.3 Å². The summed E-state index contributed by atoms with van der Waals surface area (Å²) in [5.41, 5.74) is -5.66. The lowest BCUT2D eigenvalue weighted by atomic mass is 9.86. The average molecular weight is 698 g/mol. The summed E-state index contributed by atoms with van der Waals surface area (Å²) in [5, 5.41) is 23.1. The van der Waals surface area contributed by atoms with Gasteiger partial charge in [0.2, 0.25) is 5.60 Å². The van der Waals surface area contributed by atoms with Gasteiger partial charge in [0.05, 0.1) is 46.7 Å². The van der Waals surface area contributed by atoms with Crippen LogP contribution in [0.5, 0.6) is 17.2 Å².